The first-order chi connectivity index (χ1) is 10.3. The van der Waals surface area contributed by atoms with Gasteiger partial charge in [0.1, 0.15) is 0 Å². The Morgan fingerprint density at radius 1 is 1.14 bits per heavy atom. The Balaban J connectivity index is 1.69. The number of rotatable bonds is 3. The van der Waals surface area contributed by atoms with E-state index in [9.17, 15) is 4.79 Å². The van der Waals surface area contributed by atoms with Crippen LogP contribution in [0.4, 0.5) is 0 Å². The third-order valence-corrected chi connectivity index (χ3v) is 4.48. The summed E-state index contributed by atoms with van der Waals surface area (Å²) < 4.78 is 0. The maximum absolute atomic E-state index is 11.7. The summed E-state index contributed by atoms with van der Waals surface area (Å²) in [4.78, 5) is 14.1. The fourth-order valence-corrected chi connectivity index (χ4v) is 3.23. The Kier molecular flexibility index (Phi) is 4.20. The smallest absolute Gasteiger partial charge is 0.222 e. The van der Waals surface area contributed by atoms with Crippen LogP contribution in [0.5, 0.6) is 0 Å². The zero-order chi connectivity index (χ0) is 14.7. The van der Waals surface area contributed by atoms with Crippen LogP contribution in [0, 0.1) is 5.92 Å². The molecule has 0 aromatic heterocycles. The minimum atomic E-state index is 0.193. The Morgan fingerprint density at radius 2 is 1.86 bits per heavy atom. The minimum Gasteiger partial charge on any atom is -0.359 e. The standard InChI is InChI=1S/C18H22N2O/c1-19-18(21)15-9-11-20(12-10-15)13-16-7-4-6-14-5-2-3-8-17(14)16/h2-8,15H,9-13H2,1H3,(H,19,21). The van der Waals surface area contributed by atoms with Gasteiger partial charge in [0.2, 0.25) is 5.91 Å². The molecule has 0 atom stereocenters. The number of hydrogen-bond acceptors (Lipinski definition) is 2. The van der Waals surface area contributed by atoms with Crippen LogP contribution in [-0.4, -0.2) is 30.9 Å². The summed E-state index contributed by atoms with van der Waals surface area (Å²) in [6.45, 7) is 2.98. The molecule has 0 radical (unpaired) electrons. The van der Waals surface area contributed by atoms with Gasteiger partial charge in [-0.05, 0) is 42.3 Å². The number of fused-ring (bicyclic) bond motifs is 1. The molecule has 2 aromatic carbocycles. The lowest BCUT2D eigenvalue weighted by atomic mass is 9.95. The van der Waals surface area contributed by atoms with Crippen molar-refractivity contribution < 1.29 is 4.79 Å². The average Bonchev–Trinajstić information content (AvgIpc) is 2.55. The Labute approximate surface area is 125 Å². The van der Waals surface area contributed by atoms with E-state index in [1.807, 2.05) is 0 Å². The second-order valence-corrected chi connectivity index (χ2v) is 5.80. The highest BCUT2D eigenvalue weighted by atomic mass is 16.1. The molecule has 0 bridgehead atoms. The molecule has 1 aliphatic rings. The monoisotopic (exact) mass is 282 g/mol. The van der Waals surface area contributed by atoms with Gasteiger partial charge in [0.25, 0.3) is 0 Å². The number of benzene rings is 2. The summed E-state index contributed by atoms with van der Waals surface area (Å²) in [5.74, 6) is 0.388. The van der Waals surface area contributed by atoms with Crippen molar-refractivity contribution in [3.63, 3.8) is 0 Å². The molecule has 2 aromatic rings. The van der Waals surface area contributed by atoms with E-state index in [-0.39, 0.29) is 11.8 Å². The van der Waals surface area contributed by atoms with Gasteiger partial charge >= 0.3 is 0 Å². The van der Waals surface area contributed by atoms with E-state index in [4.69, 9.17) is 0 Å². The van der Waals surface area contributed by atoms with Gasteiger partial charge in [0, 0.05) is 19.5 Å². The molecule has 0 spiro atoms. The van der Waals surface area contributed by atoms with Crippen LogP contribution in [0.1, 0.15) is 18.4 Å². The van der Waals surface area contributed by atoms with Crippen molar-refractivity contribution in [2.45, 2.75) is 19.4 Å². The number of piperidine rings is 1. The number of hydrogen-bond donors (Lipinski definition) is 1. The number of carbonyl (C=O) groups excluding carboxylic acids is 1. The second-order valence-electron chi connectivity index (χ2n) is 5.80. The minimum absolute atomic E-state index is 0.193. The molecule has 110 valence electrons. The normalized spacial score (nSPS) is 17.0. The molecule has 0 unspecified atom stereocenters. The lowest BCUT2D eigenvalue weighted by Crippen LogP contribution is -2.39. The molecule has 1 heterocycles. The van der Waals surface area contributed by atoms with Crippen molar-refractivity contribution in [2.75, 3.05) is 20.1 Å². The summed E-state index contributed by atoms with van der Waals surface area (Å²) in [6.07, 6.45) is 1.93. The Bertz CT molecular complexity index is 625. The third-order valence-electron chi connectivity index (χ3n) is 4.48. The highest BCUT2D eigenvalue weighted by molar-refractivity contribution is 5.85. The van der Waals surface area contributed by atoms with E-state index in [1.165, 1.54) is 16.3 Å². The fraction of sp³-hybridized carbons (Fsp3) is 0.389. The first kappa shape index (κ1) is 14.1. The van der Waals surface area contributed by atoms with Gasteiger partial charge in [-0.1, -0.05) is 42.5 Å². The highest BCUT2D eigenvalue weighted by Gasteiger charge is 2.24. The van der Waals surface area contributed by atoms with Crippen molar-refractivity contribution >= 4 is 16.7 Å². The van der Waals surface area contributed by atoms with Gasteiger partial charge in [0.15, 0.2) is 0 Å². The van der Waals surface area contributed by atoms with E-state index >= 15 is 0 Å². The first-order valence-corrected chi connectivity index (χ1v) is 7.68. The zero-order valence-corrected chi connectivity index (χ0v) is 12.5. The van der Waals surface area contributed by atoms with Crippen LogP contribution in [0.25, 0.3) is 10.8 Å². The first-order valence-electron chi connectivity index (χ1n) is 7.68. The highest BCUT2D eigenvalue weighted by Crippen LogP contribution is 2.23. The number of carbonyl (C=O) groups is 1. The van der Waals surface area contributed by atoms with Crippen LogP contribution in [0.15, 0.2) is 42.5 Å². The lowest BCUT2D eigenvalue weighted by Gasteiger charge is -2.31. The number of nitrogens with one attached hydrogen (secondary N) is 1. The maximum atomic E-state index is 11.7. The largest absolute Gasteiger partial charge is 0.359 e. The molecule has 3 nitrogen and oxygen atoms in total. The third kappa shape index (κ3) is 3.08. The van der Waals surface area contributed by atoms with Gasteiger partial charge in [-0.25, -0.2) is 0 Å². The van der Waals surface area contributed by atoms with Crippen LogP contribution in [0.3, 0.4) is 0 Å². The van der Waals surface area contributed by atoms with Crippen molar-refractivity contribution in [3.8, 4) is 0 Å². The molecule has 3 heteroatoms. The average molecular weight is 282 g/mol. The van der Waals surface area contributed by atoms with Gasteiger partial charge < -0.3 is 5.32 Å². The molecule has 1 amide bonds. The molecule has 1 aliphatic heterocycles. The molecule has 21 heavy (non-hydrogen) atoms. The van der Waals surface area contributed by atoms with Crippen LogP contribution in [-0.2, 0) is 11.3 Å². The van der Waals surface area contributed by atoms with Crippen molar-refractivity contribution in [2.24, 2.45) is 5.92 Å². The Hall–Kier alpha value is -1.87. The SMILES string of the molecule is CNC(=O)C1CCN(Cc2cccc3ccccc23)CC1. The molecular weight excluding hydrogens is 260 g/mol. The molecule has 0 saturated carbocycles. The van der Waals surface area contributed by atoms with Crippen molar-refractivity contribution in [1.82, 2.24) is 10.2 Å². The quantitative estimate of drug-likeness (QED) is 0.939. The van der Waals surface area contributed by atoms with Gasteiger partial charge in [-0.15, -0.1) is 0 Å². The molecule has 0 aliphatic carbocycles. The Morgan fingerprint density at radius 3 is 2.62 bits per heavy atom. The summed E-state index contributed by atoms with van der Waals surface area (Å²) in [5.41, 5.74) is 1.38. The van der Waals surface area contributed by atoms with Crippen LogP contribution >= 0.6 is 0 Å². The van der Waals surface area contributed by atoms with Crippen LogP contribution < -0.4 is 5.32 Å². The van der Waals surface area contributed by atoms with Crippen LogP contribution in [0.2, 0.25) is 0 Å². The molecule has 3 rings (SSSR count). The summed E-state index contributed by atoms with van der Waals surface area (Å²) in [6, 6.07) is 15.1. The van der Waals surface area contributed by atoms with Crippen molar-refractivity contribution in [1.29, 1.82) is 0 Å². The molecule has 1 fully saturated rings. The van der Waals surface area contributed by atoms with Gasteiger partial charge in [-0.2, -0.15) is 0 Å². The summed E-state index contributed by atoms with van der Waals surface area (Å²) in [7, 11) is 1.73. The van der Waals surface area contributed by atoms with E-state index in [2.05, 4.69) is 52.7 Å². The van der Waals surface area contributed by atoms with E-state index in [1.54, 1.807) is 7.05 Å². The lowest BCUT2D eigenvalue weighted by molar-refractivity contribution is -0.125. The summed E-state index contributed by atoms with van der Waals surface area (Å²) >= 11 is 0. The molecular formula is C18H22N2O. The summed E-state index contributed by atoms with van der Waals surface area (Å²) in [5, 5.41) is 5.41. The maximum Gasteiger partial charge on any atom is 0.222 e. The van der Waals surface area contributed by atoms with Crippen molar-refractivity contribution in [3.05, 3.63) is 48.0 Å². The second kappa shape index (κ2) is 6.27. The molecule has 1 saturated heterocycles. The van der Waals surface area contributed by atoms with E-state index < -0.39 is 0 Å². The van der Waals surface area contributed by atoms with E-state index in [0.717, 1.165) is 32.5 Å². The number of likely N-dealkylation sites (tertiary alicyclic amines) is 1. The predicted molar refractivity (Wildman–Crippen MR) is 86.0 cm³/mol. The van der Waals surface area contributed by atoms with Gasteiger partial charge in [0.05, 0.1) is 0 Å². The number of amides is 1. The predicted octanol–water partition coefficient (Wildman–Crippen LogP) is 2.80. The zero-order valence-electron chi connectivity index (χ0n) is 12.5. The van der Waals surface area contributed by atoms with E-state index in [0.29, 0.717) is 0 Å². The topological polar surface area (TPSA) is 32.3 Å². The fourth-order valence-electron chi connectivity index (χ4n) is 3.23. The molecule has 1 N–H and O–H groups in total. The van der Waals surface area contributed by atoms with Gasteiger partial charge in [-0.3, -0.25) is 9.69 Å². The number of nitrogens with zero attached hydrogens (tertiary/aromatic N) is 1.